The predicted molar refractivity (Wildman–Crippen MR) is 79.4 cm³/mol. The second-order valence-corrected chi connectivity index (χ2v) is 5.08. The van der Waals surface area contributed by atoms with E-state index in [2.05, 4.69) is 46.6 Å². The molecule has 98 valence electrons. The number of fused-ring (bicyclic) bond motifs is 1. The van der Waals surface area contributed by atoms with Gasteiger partial charge >= 0.3 is 0 Å². The number of rotatable bonds is 4. The lowest BCUT2D eigenvalue weighted by Gasteiger charge is -2.16. The van der Waals surface area contributed by atoms with E-state index in [0.717, 1.165) is 19.4 Å². The molecule has 0 fully saturated rings. The molecule has 3 heteroatoms. The molecule has 3 nitrogen and oxygen atoms in total. The van der Waals surface area contributed by atoms with Crippen molar-refractivity contribution in [3.8, 4) is 11.3 Å². The number of imidazole rings is 1. The molecule has 1 aliphatic rings. The van der Waals surface area contributed by atoms with E-state index >= 15 is 0 Å². The molecule has 1 aromatic carbocycles. The van der Waals surface area contributed by atoms with Gasteiger partial charge in [-0.2, -0.15) is 0 Å². The lowest BCUT2D eigenvalue weighted by molar-refractivity contribution is 0.560. The van der Waals surface area contributed by atoms with Gasteiger partial charge in [0.1, 0.15) is 0 Å². The fourth-order valence-electron chi connectivity index (χ4n) is 2.77. The van der Waals surface area contributed by atoms with Crippen LogP contribution in [-0.2, 0) is 6.42 Å². The lowest BCUT2D eigenvalue weighted by Crippen LogP contribution is -2.05. The summed E-state index contributed by atoms with van der Waals surface area (Å²) in [5.74, 6) is 0. The van der Waals surface area contributed by atoms with Crippen molar-refractivity contribution >= 4 is 5.69 Å². The topological polar surface area (TPSA) is 29.9 Å². The van der Waals surface area contributed by atoms with Gasteiger partial charge in [0.15, 0.2) is 0 Å². The van der Waals surface area contributed by atoms with Gasteiger partial charge < -0.3 is 9.88 Å². The summed E-state index contributed by atoms with van der Waals surface area (Å²) in [6, 6.07) is 6.89. The van der Waals surface area contributed by atoms with E-state index in [-0.39, 0.29) is 0 Å². The van der Waals surface area contributed by atoms with Crippen molar-refractivity contribution in [1.82, 2.24) is 9.55 Å². The van der Waals surface area contributed by atoms with E-state index in [1.807, 2.05) is 18.6 Å². The summed E-state index contributed by atoms with van der Waals surface area (Å²) in [7, 11) is 0. The quantitative estimate of drug-likeness (QED) is 0.843. The number of anilines is 1. The average Bonchev–Trinajstić information content (AvgIpc) is 3.07. The molecule has 0 radical (unpaired) electrons. The number of hydrogen-bond donors (Lipinski definition) is 1. The van der Waals surface area contributed by atoms with Crippen molar-refractivity contribution in [1.29, 1.82) is 0 Å². The first kappa shape index (κ1) is 12.0. The normalized spacial score (nSPS) is 14.8. The maximum Gasteiger partial charge on any atom is 0.0953 e. The summed E-state index contributed by atoms with van der Waals surface area (Å²) in [6.07, 6.45) is 7.89. The highest BCUT2D eigenvalue weighted by atomic mass is 15.1. The van der Waals surface area contributed by atoms with Crippen LogP contribution in [0.1, 0.15) is 24.9 Å². The van der Waals surface area contributed by atoms with Gasteiger partial charge in [0, 0.05) is 23.8 Å². The molecular weight excluding hydrogens is 234 g/mol. The van der Waals surface area contributed by atoms with Crippen molar-refractivity contribution in [2.75, 3.05) is 11.9 Å². The van der Waals surface area contributed by atoms with Gasteiger partial charge in [-0.05, 0) is 25.3 Å². The Balaban J connectivity index is 2.06. The molecular formula is C16H19N3. The van der Waals surface area contributed by atoms with Crippen molar-refractivity contribution < 1.29 is 0 Å². The van der Waals surface area contributed by atoms with E-state index in [1.165, 1.54) is 22.5 Å². The van der Waals surface area contributed by atoms with Crippen LogP contribution in [0.4, 0.5) is 5.69 Å². The minimum Gasteiger partial charge on any atom is -0.384 e. The van der Waals surface area contributed by atoms with Crippen molar-refractivity contribution in [3.05, 3.63) is 48.9 Å². The standard InChI is InChI=1S/C16H19N3/c1-3-5-12(2)19-11-17-10-15(19)14-7-4-6-13-8-9-18-16(13)14/h3-4,6-7,10-12,18H,1,5,8-9H2,2H3. The Labute approximate surface area is 114 Å². The average molecular weight is 253 g/mol. The molecule has 0 amide bonds. The van der Waals surface area contributed by atoms with Crippen LogP contribution >= 0.6 is 0 Å². The highest BCUT2D eigenvalue weighted by Gasteiger charge is 2.18. The third-order valence-corrected chi connectivity index (χ3v) is 3.77. The Morgan fingerprint density at radius 3 is 3.26 bits per heavy atom. The Hall–Kier alpha value is -2.03. The van der Waals surface area contributed by atoms with Crippen LogP contribution in [0.2, 0.25) is 0 Å². The van der Waals surface area contributed by atoms with Crippen molar-refractivity contribution in [3.63, 3.8) is 0 Å². The highest BCUT2D eigenvalue weighted by molar-refractivity contribution is 5.79. The second-order valence-electron chi connectivity index (χ2n) is 5.08. The smallest absolute Gasteiger partial charge is 0.0953 e. The SMILES string of the molecule is C=CCC(C)n1cncc1-c1cccc2c1NCC2. The van der Waals surface area contributed by atoms with Gasteiger partial charge in [-0.3, -0.25) is 0 Å². The number of hydrogen-bond acceptors (Lipinski definition) is 2. The number of benzene rings is 1. The monoisotopic (exact) mass is 253 g/mol. The Bertz CT molecular complexity index is 598. The largest absolute Gasteiger partial charge is 0.384 e. The van der Waals surface area contributed by atoms with Crippen LogP contribution in [0.5, 0.6) is 0 Å². The molecule has 1 N–H and O–H groups in total. The molecule has 0 aliphatic carbocycles. The summed E-state index contributed by atoms with van der Waals surface area (Å²) in [4.78, 5) is 4.33. The van der Waals surface area contributed by atoms with Crippen LogP contribution in [0.25, 0.3) is 11.3 Å². The van der Waals surface area contributed by atoms with Gasteiger partial charge in [-0.15, -0.1) is 6.58 Å². The zero-order valence-corrected chi connectivity index (χ0v) is 11.3. The van der Waals surface area contributed by atoms with E-state index in [1.54, 1.807) is 0 Å². The molecule has 3 rings (SSSR count). The molecule has 2 aromatic rings. The van der Waals surface area contributed by atoms with Gasteiger partial charge in [-0.25, -0.2) is 4.98 Å². The molecule has 1 atom stereocenters. The maximum absolute atomic E-state index is 4.33. The van der Waals surface area contributed by atoms with E-state index in [9.17, 15) is 0 Å². The number of nitrogens with one attached hydrogen (secondary N) is 1. The molecule has 0 saturated heterocycles. The zero-order valence-electron chi connectivity index (χ0n) is 11.3. The minimum atomic E-state index is 0.382. The molecule has 1 aliphatic heterocycles. The first-order chi connectivity index (χ1) is 9.31. The zero-order chi connectivity index (χ0) is 13.2. The molecule has 0 saturated carbocycles. The number of para-hydroxylation sites is 1. The third kappa shape index (κ3) is 2.05. The van der Waals surface area contributed by atoms with Gasteiger partial charge in [-0.1, -0.05) is 24.3 Å². The van der Waals surface area contributed by atoms with E-state index < -0.39 is 0 Å². The van der Waals surface area contributed by atoms with Crippen LogP contribution in [-0.4, -0.2) is 16.1 Å². The Morgan fingerprint density at radius 1 is 1.53 bits per heavy atom. The molecule has 1 unspecified atom stereocenters. The minimum absolute atomic E-state index is 0.382. The maximum atomic E-state index is 4.33. The summed E-state index contributed by atoms with van der Waals surface area (Å²) in [6.45, 7) is 7.05. The van der Waals surface area contributed by atoms with E-state index in [0.29, 0.717) is 6.04 Å². The fourth-order valence-corrected chi connectivity index (χ4v) is 2.77. The molecule has 19 heavy (non-hydrogen) atoms. The van der Waals surface area contributed by atoms with Crippen LogP contribution in [0, 0.1) is 0 Å². The Morgan fingerprint density at radius 2 is 2.42 bits per heavy atom. The predicted octanol–water partition coefficient (Wildman–Crippen LogP) is 3.66. The number of aromatic nitrogens is 2. The summed E-state index contributed by atoms with van der Waals surface area (Å²) >= 11 is 0. The molecule has 0 spiro atoms. The fraction of sp³-hybridized carbons (Fsp3) is 0.312. The van der Waals surface area contributed by atoms with E-state index in [4.69, 9.17) is 0 Å². The third-order valence-electron chi connectivity index (χ3n) is 3.77. The van der Waals surface area contributed by atoms with Gasteiger partial charge in [0.05, 0.1) is 18.2 Å². The summed E-state index contributed by atoms with van der Waals surface area (Å²) < 4.78 is 2.23. The van der Waals surface area contributed by atoms with Gasteiger partial charge in [0.25, 0.3) is 0 Å². The Kier molecular flexibility index (Phi) is 3.11. The lowest BCUT2D eigenvalue weighted by atomic mass is 10.0. The van der Waals surface area contributed by atoms with Gasteiger partial charge in [0.2, 0.25) is 0 Å². The van der Waals surface area contributed by atoms with Crippen LogP contribution in [0.3, 0.4) is 0 Å². The highest BCUT2D eigenvalue weighted by Crippen LogP contribution is 2.35. The van der Waals surface area contributed by atoms with Crippen molar-refractivity contribution in [2.24, 2.45) is 0 Å². The van der Waals surface area contributed by atoms with Crippen LogP contribution < -0.4 is 5.32 Å². The molecule has 2 heterocycles. The summed E-state index contributed by atoms with van der Waals surface area (Å²) in [5.41, 5.74) is 5.11. The first-order valence-corrected chi connectivity index (χ1v) is 6.80. The summed E-state index contributed by atoms with van der Waals surface area (Å²) in [5, 5.41) is 3.49. The second kappa shape index (κ2) is 4.92. The number of nitrogens with zero attached hydrogens (tertiary/aromatic N) is 2. The first-order valence-electron chi connectivity index (χ1n) is 6.80. The number of allylic oxidation sites excluding steroid dienone is 1. The molecule has 1 aromatic heterocycles. The molecule has 0 bridgehead atoms. The van der Waals surface area contributed by atoms with Crippen LogP contribution in [0.15, 0.2) is 43.4 Å². The van der Waals surface area contributed by atoms with Crippen molar-refractivity contribution in [2.45, 2.75) is 25.8 Å².